The number of aryl methyl sites for hydroxylation is 1. The predicted octanol–water partition coefficient (Wildman–Crippen LogP) is 1.43. The Hall–Kier alpha value is -1.43. The third kappa shape index (κ3) is 2.63. The molecule has 1 aromatic heterocycles. The molecule has 5 nitrogen and oxygen atoms in total. The van der Waals surface area contributed by atoms with Crippen molar-refractivity contribution in [1.29, 1.82) is 0 Å². The van der Waals surface area contributed by atoms with E-state index in [0.717, 1.165) is 12.1 Å². The minimum Gasteiger partial charge on any atom is -0.481 e. The number of hydrogen-bond acceptors (Lipinski definition) is 4. The molecular weight excluding hydrogens is 240 g/mol. The first-order valence-corrected chi connectivity index (χ1v) is 6.39. The Morgan fingerprint density at radius 2 is 2.29 bits per heavy atom. The molecule has 1 amide bonds. The number of aliphatic carboxylic acids is 1. The summed E-state index contributed by atoms with van der Waals surface area (Å²) in [4.78, 5) is 27.3. The number of thiazole rings is 1. The lowest BCUT2D eigenvalue weighted by molar-refractivity contribution is -0.141. The average Bonchev–Trinajstić information content (AvgIpc) is 2.86. The van der Waals surface area contributed by atoms with Gasteiger partial charge in [0.05, 0.1) is 17.1 Å². The lowest BCUT2D eigenvalue weighted by Crippen LogP contribution is -2.33. The van der Waals surface area contributed by atoms with Gasteiger partial charge in [0.15, 0.2) is 0 Å². The molecule has 0 spiro atoms. The van der Waals surface area contributed by atoms with Gasteiger partial charge in [-0.3, -0.25) is 9.59 Å². The third-order valence-electron chi connectivity index (χ3n) is 3.07. The van der Waals surface area contributed by atoms with Crippen LogP contribution in [-0.4, -0.2) is 28.0 Å². The average molecular weight is 254 g/mol. The zero-order valence-electron chi connectivity index (χ0n) is 9.47. The van der Waals surface area contributed by atoms with Gasteiger partial charge in [-0.1, -0.05) is 0 Å². The molecule has 2 atom stereocenters. The SMILES string of the molecule is Cc1ncsc1C(=O)NC1CCC(C(=O)O)C1. The second-order valence-electron chi connectivity index (χ2n) is 4.29. The van der Waals surface area contributed by atoms with E-state index in [0.29, 0.717) is 17.7 Å². The molecule has 92 valence electrons. The van der Waals surface area contributed by atoms with E-state index in [2.05, 4.69) is 10.3 Å². The summed E-state index contributed by atoms with van der Waals surface area (Å²) >= 11 is 1.31. The molecule has 17 heavy (non-hydrogen) atoms. The molecule has 2 N–H and O–H groups in total. The van der Waals surface area contributed by atoms with Gasteiger partial charge >= 0.3 is 5.97 Å². The molecule has 2 rings (SSSR count). The number of hydrogen-bond donors (Lipinski definition) is 2. The standard InChI is InChI=1S/C11H14N2O3S/c1-6-9(17-5-12-6)10(14)13-8-3-2-7(4-8)11(15)16/h5,7-8H,2-4H2,1H3,(H,13,14)(H,15,16). The van der Waals surface area contributed by atoms with Crippen molar-refractivity contribution in [2.24, 2.45) is 5.92 Å². The van der Waals surface area contributed by atoms with E-state index in [-0.39, 0.29) is 17.9 Å². The van der Waals surface area contributed by atoms with E-state index in [1.54, 1.807) is 12.4 Å². The molecule has 1 heterocycles. The number of carboxylic acid groups (broad SMARTS) is 1. The molecular formula is C11H14N2O3S. The molecule has 1 aliphatic carbocycles. The second-order valence-corrected chi connectivity index (χ2v) is 5.14. The molecule has 0 radical (unpaired) electrons. The summed E-state index contributed by atoms with van der Waals surface area (Å²) in [5, 5.41) is 11.7. The summed E-state index contributed by atoms with van der Waals surface area (Å²) in [5.74, 6) is -1.22. The number of carbonyl (C=O) groups excluding carboxylic acids is 1. The fourth-order valence-corrected chi connectivity index (χ4v) is 2.81. The maximum Gasteiger partial charge on any atom is 0.306 e. The van der Waals surface area contributed by atoms with Crippen molar-refractivity contribution in [3.05, 3.63) is 16.1 Å². The van der Waals surface area contributed by atoms with E-state index >= 15 is 0 Å². The highest BCUT2D eigenvalue weighted by atomic mass is 32.1. The maximum absolute atomic E-state index is 11.9. The van der Waals surface area contributed by atoms with Crippen LogP contribution < -0.4 is 5.32 Å². The number of amides is 1. The quantitative estimate of drug-likeness (QED) is 0.855. The molecule has 0 saturated heterocycles. The number of aromatic nitrogens is 1. The van der Waals surface area contributed by atoms with E-state index in [1.165, 1.54) is 11.3 Å². The second kappa shape index (κ2) is 4.83. The summed E-state index contributed by atoms with van der Waals surface area (Å²) in [5.41, 5.74) is 2.36. The van der Waals surface area contributed by atoms with Crippen molar-refractivity contribution in [3.8, 4) is 0 Å². The van der Waals surface area contributed by atoms with Crippen LogP contribution in [0.15, 0.2) is 5.51 Å². The third-order valence-corrected chi connectivity index (χ3v) is 4.00. The number of carbonyl (C=O) groups is 2. The molecule has 1 saturated carbocycles. The van der Waals surface area contributed by atoms with Crippen molar-refractivity contribution in [2.45, 2.75) is 32.2 Å². The van der Waals surface area contributed by atoms with E-state index in [4.69, 9.17) is 5.11 Å². The Balaban J connectivity index is 1.93. The van der Waals surface area contributed by atoms with Crippen molar-refractivity contribution < 1.29 is 14.7 Å². The Morgan fingerprint density at radius 3 is 2.82 bits per heavy atom. The highest BCUT2D eigenvalue weighted by molar-refractivity contribution is 7.11. The lowest BCUT2D eigenvalue weighted by Gasteiger charge is -2.11. The molecule has 0 bridgehead atoms. The fraction of sp³-hybridized carbons (Fsp3) is 0.545. The zero-order valence-corrected chi connectivity index (χ0v) is 10.3. The number of nitrogens with one attached hydrogen (secondary N) is 1. The van der Waals surface area contributed by atoms with Crippen LogP contribution in [-0.2, 0) is 4.79 Å². The normalized spacial score (nSPS) is 23.6. The van der Waals surface area contributed by atoms with Crippen LogP contribution >= 0.6 is 11.3 Å². The molecule has 1 aliphatic rings. The molecule has 0 aliphatic heterocycles. The van der Waals surface area contributed by atoms with Gasteiger partial charge in [-0.15, -0.1) is 11.3 Å². The van der Waals surface area contributed by atoms with Gasteiger partial charge in [-0.25, -0.2) is 4.98 Å². The number of carboxylic acids is 1. The molecule has 6 heteroatoms. The monoisotopic (exact) mass is 254 g/mol. The Bertz CT molecular complexity index is 444. The first-order chi connectivity index (χ1) is 8.08. The van der Waals surface area contributed by atoms with Crippen molar-refractivity contribution >= 4 is 23.2 Å². The summed E-state index contributed by atoms with van der Waals surface area (Å²) in [6.07, 6.45) is 1.90. The van der Waals surface area contributed by atoms with Gasteiger partial charge in [0.2, 0.25) is 0 Å². The lowest BCUT2D eigenvalue weighted by atomic mass is 10.1. The Morgan fingerprint density at radius 1 is 1.53 bits per heavy atom. The molecule has 1 aromatic rings. The van der Waals surface area contributed by atoms with Crippen molar-refractivity contribution in [1.82, 2.24) is 10.3 Å². The molecule has 2 unspecified atom stereocenters. The van der Waals surface area contributed by atoms with E-state index in [1.807, 2.05) is 0 Å². The fourth-order valence-electron chi connectivity index (χ4n) is 2.11. The largest absolute Gasteiger partial charge is 0.481 e. The van der Waals surface area contributed by atoms with Crippen molar-refractivity contribution in [2.75, 3.05) is 0 Å². The summed E-state index contributed by atoms with van der Waals surface area (Å²) < 4.78 is 0. The minimum atomic E-state index is -0.768. The van der Waals surface area contributed by atoms with E-state index in [9.17, 15) is 9.59 Å². The summed E-state index contributed by atoms with van der Waals surface area (Å²) in [6, 6.07) is -0.0231. The molecule has 0 aromatic carbocycles. The van der Waals surface area contributed by atoms with Crippen LogP contribution in [0.4, 0.5) is 0 Å². The van der Waals surface area contributed by atoms with Gasteiger partial charge in [-0.2, -0.15) is 0 Å². The topological polar surface area (TPSA) is 79.3 Å². The van der Waals surface area contributed by atoms with Gasteiger partial charge in [-0.05, 0) is 26.2 Å². The molecule has 1 fully saturated rings. The number of nitrogens with zero attached hydrogens (tertiary/aromatic N) is 1. The minimum absolute atomic E-state index is 0.0231. The number of rotatable bonds is 3. The van der Waals surface area contributed by atoms with Crippen LogP contribution in [0.5, 0.6) is 0 Å². The highest BCUT2D eigenvalue weighted by Gasteiger charge is 2.31. The summed E-state index contributed by atoms with van der Waals surface area (Å²) in [7, 11) is 0. The van der Waals surface area contributed by atoms with Gasteiger partial charge in [0, 0.05) is 6.04 Å². The first kappa shape index (κ1) is 12.0. The highest BCUT2D eigenvalue weighted by Crippen LogP contribution is 2.26. The van der Waals surface area contributed by atoms with Gasteiger partial charge in [0.1, 0.15) is 4.88 Å². The van der Waals surface area contributed by atoms with Crippen LogP contribution in [0.3, 0.4) is 0 Å². The van der Waals surface area contributed by atoms with Crippen LogP contribution in [0.25, 0.3) is 0 Å². The van der Waals surface area contributed by atoms with Crippen LogP contribution in [0.1, 0.15) is 34.6 Å². The van der Waals surface area contributed by atoms with Gasteiger partial charge in [0.25, 0.3) is 5.91 Å². The first-order valence-electron chi connectivity index (χ1n) is 5.51. The van der Waals surface area contributed by atoms with Gasteiger partial charge < -0.3 is 10.4 Å². The summed E-state index contributed by atoms with van der Waals surface area (Å²) in [6.45, 7) is 1.79. The van der Waals surface area contributed by atoms with Crippen molar-refractivity contribution in [3.63, 3.8) is 0 Å². The van der Waals surface area contributed by atoms with Crippen LogP contribution in [0, 0.1) is 12.8 Å². The van der Waals surface area contributed by atoms with Crippen LogP contribution in [0.2, 0.25) is 0 Å². The van der Waals surface area contributed by atoms with E-state index < -0.39 is 5.97 Å². The Kier molecular flexibility index (Phi) is 3.42. The zero-order chi connectivity index (χ0) is 12.4. The maximum atomic E-state index is 11.9. The Labute approximate surface area is 103 Å². The predicted molar refractivity (Wildman–Crippen MR) is 63.1 cm³/mol. The smallest absolute Gasteiger partial charge is 0.306 e.